The van der Waals surface area contributed by atoms with E-state index in [0.29, 0.717) is 36.6 Å². The summed E-state index contributed by atoms with van der Waals surface area (Å²) in [6.45, 7) is 2.46. The Morgan fingerprint density at radius 3 is 2.38 bits per heavy atom. The summed E-state index contributed by atoms with van der Waals surface area (Å²) in [5.74, 6) is -1.17. The highest BCUT2D eigenvalue weighted by atomic mass is 16.4. The van der Waals surface area contributed by atoms with Crippen molar-refractivity contribution in [3.05, 3.63) is 35.4 Å². The third-order valence-electron chi connectivity index (χ3n) is 4.81. The third-order valence-corrected chi connectivity index (χ3v) is 4.81. The van der Waals surface area contributed by atoms with E-state index >= 15 is 0 Å². The second-order valence-corrected chi connectivity index (χ2v) is 7.02. The second kappa shape index (κ2) is 6.26. The van der Waals surface area contributed by atoms with Crippen LogP contribution in [0.2, 0.25) is 0 Å². The fourth-order valence-corrected chi connectivity index (χ4v) is 3.03. The molecule has 3 rings (SSSR count). The van der Waals surface area contributed by atoms with Crippen LogP contribution in [0.1, 0.15) is 53.3 Å². The predicted octanol–water partition coefficient (Wildman–Crippen LogP) is 1.91. The van der Waals surface area contributed by atoms with Gasteiger partial charge in [0.05, 0.1) is 5.41 Å². The SMILES string of the molecule is CC1(C(=O)O)CCCN(C(=O)c2ccc(C(=O)NC3CC3)cc2)C1. The Morgan fingerprint density at radius 2 is 1.79 bits per heavy atom. The monoisotopic (exact) mass is 330 g/mol. The number of likely N-dealkylation sites (tertiary alicyclic amines) is 1. The van der Waals surface area contributed by atoms with Crippen LogP contribution < -0.4 is 5.32 Å². The highest BCUT2D eigenvalue weighted by Crippen LogP contribution is 2.30. The Balaban J connectivity index is 1.68. The van der Waals surface area contributed by atoms with E-state index in [1.807, 2.05) is 0 Å². The zero-order valence-electron chi connectivity index (χ0n) is 13.7. The lowest BCUT2D eigenvalue weighted by atomic mass is 9.82. The standard InChI is InChI=1S/C18H22N2O4/c1-18(17(23)24)9-2-10-20(11-18)16(22)13-5-3-12(4-6-13)15(21)19-14-7-8-14/h3-6,14H,2,7-11H2,1H3,(H,19,21)(H,23,24). The van der Waals surface area contributed by atoms with E-state index < -0.39 is 11.4 Å². The Hall–Kier alpha value is -2.37. The van der Waals surface area contributed by atoms with Crippen LogP contribution in [0.5, 0.6) is 0 Å². The van der Waals surface area contributed by atoms with Gasteiger partial charge < -0.3 is 15.3 Å². The molecule has 1 saturated heterocycles. The van der Waals surface area contributed by atoms with Crippen molar-refractivity contribution < 1.29 is 19.5 Å². The summed E-state index contributed by atoms with van der Waals surface area (Å²) in [4.78, 5) is 37.6. The van der Waals surface area contributed by atoms with E-state index in [1.54, 1.807) is 36.1 Å². The van der Waals surface area contributed by atoms with Gasteiger partial charge in [0.15, 0.2) is 0 Å². The summed E-state index contributed by atoms with van der Waals surface area (Å²) in [6, 6.07) is 6.85. The molecule has 2 fully saturated rings. The largest absolute Gasteiger partial charge is 0.481 e. The maximum Gasteiger partial charge on any atom is 0.311 e. The molecule has 1 aromatic carbocycles. The van der Waals surface area contributed by atoms with Gasteiger partial charge in [-0.25, -0.2) is 0 Å². The fourth-order valence-electron chi connectivity index (χ4n) is 3.03. The number of aliphatic carboxylic acids is 1. The van der Waals surface area contributed by atoms with Gasteiger partial charge in [-0.2, -0.15) is 0 Å². The first-order valence-electron chi connectivity index (χ1n) is 8.33. The molecular formula is C18H22N2O4. The number of rotatable bonds is 4. The van der Waals surface area contributed by atoms with Gasteiger partial charge in [0, 0.05) is 30.3 Å². The number of carbonyl (C=O) groups is 3. The first kappa shape index (κ1) is 16.5. The van der Waals surface area contributed by atoms with Crippen molar-refractivity contribution in [3.63, 3.8) is 0 Å². The molecule has 1 aromatic rings. The summed E-state index contributed by atoms with van der Waals surface area (Å²) in [7, 11) is 0. The van der Waals surface area contributed by atoms with Crippen molar-refractivity contribution in [2.75, 3.05) is 13.1 Å². The molecule has 0 aromatic heterocycles. The first-order chi connectivity index (χ1) is 11.4. The summed E-state index contributed by atoms with van der Waals surface area (Å²) in [5.41, 5.74) is 0.123. The first-order valence-corrected chi connectivity index (χ1v) is 8.33. The van der Waals surface area contributed by atoms with Crippen LogP contribution in [0.25, 0.3) is 0 Å². The number of carbonyl (C=O) groups excluding carboxylic acids is 2. The van der Waals surface area contributed by atoms with Gasteiger partial charge in [-0.05, 0) is 56.9 Å². The Labute approximate surface area is 140 Å². The van der Waals surface area contributed by atoms with E-state index in [4.69, 9.17) is 0 Å². The number of piperidine rings is 1. The molecule has 128 valence electrons. The van der Waals surface area contributed by atoms with Gasteiger partial charge in [-0.15, -0.1) is 0 Å². The van der Waals surface area contributed by atoms with Crippen LogP contribution in [-0.4, -0.2) is 46.9 Å². The van der Waals surface area contributed by atoms with Crippen LogP contribution in [0, 0.1) is 5.41 Å². The molecule has 2 N–H and O–H groups in total. The molecule has 6 heteroatoms. The summed E-state index contributed by atoms with van der Waals surface area (Å²) >= 11 is 0. The smallest absolute Gasteiger partial charge is 0.311 e. The Morgan fingerprint density at radius 1 is 1.17 bits per heavy atom. The average Bonchev–Trinajstić information content (AvgIpc) is 3.38. The van der Waals surface area contributed by atoms with Crippen molar-refractivity contribution in [1.29, 1.82) is 0 Å². The molecule has 1 heterocycles. The zero-order chi connectivity index (χ0) is 17.3. The summed E-state index contributed by atoms with van der Waals surface area (Å²) in [6.07, 6.45) is 3.31. The van der Waals surface area contributed by atoms with Gasteiger partial charge in [-0.3, -0.25) is 14.4 Å². The molecule has 2 aliphatic rings. The molecular weight excluding hydrogens is 308 g/mol. The number of carboxylic acids is 1. The number of benzene rings is 1. The Kier molecular flexibility index (Phi) is 4.30. The number of nitrogens with one attached hydrogen (secondary N) is 1. The maximum atomic E-state index is 12.6. The lowest BCUT2D eigenvalue weighted by Crippen LogP contribution is -2.48. The molecule has 2 amide bonds. The fraction of sp³-hybridized carbons (Fsp3) is 0.500. The molecule has 6 nitrogen and oxygen atoms in total. The van der Waals surface area contributed by atoms with Gasteiger partial charge in [0.2, 0.25) is 0 Å². The van der Waals surface area contributed by atoms with Gasteiger partial charge in [0.25, 0.3) is 11.8 Å². The highest BCUT2D eigenvalue weighted by molar-refractivity contribution is 5.98. The number of nitrogens with zero attached hydrogens (tertiary/aromatic N) is 1. The van der Waals surface area contributed by atoms with E-state index in [-0.39, 0.29) is 18.4 Å². The normalized spacial score (nSPS) is 23.6. The van der Waals surface area contributed by atoms with Crippen molar-refractivity contribution in [2.45, 2.75) is 38.6 Å². The number of carboxylic acid groups (broad SMARTS) is 1. The minimum absolute atomic E-state index is 0.118. The topological polar surface area (TPSA) is 86.7 Å². The van der Waals surface area contributed by atoms with Gasteiger partial charge in [-0.1, -0.05) is 0 Å². The number of hydrogen-bond acceptors (Lipinski definition) is 3. The van der Waals surface area contributed by atoms with Gasteiger partial charge >= 0.3 is 5.97 Å². The molecule has 0 radical (unpaired) electrons. The van der Waals surface area contributed by atoms with Crippen LogP contribution in [-0.2, 0) is 4.79 Å². The van der Waals surface area contributed by atoms with Crippen molar-refractivity contribution in [3.8, 4) is 0 Å². The second-order valence-electron chi connectivity index (χ2n) is 7.02. The zero-order valence-corrected chi connectivity index (χ0v) is 13.7. The molecule has 1 aliphatic heterocycles. The molecule has 1 atom stereocenters. The van der Waals surface area contributed by atoms with Gasteiger partial charge in [0.1, 0.15) is 0 Å². The average molecular weight is 330 g/mol. The van der Waals surface area contributed by atoms with Crippen molar-refractivity contribution >= 4 is 17.8 Å². The highest BCUT2D eigenvalue weighted by Gasteiger charge is 2.39. The minimum Gasteiger partial charge on any atom is -0.481 e. The molecule has 1 aliphatic carbocycles. The van der Waals surface area contributed by atoms with Crippen LogP contribution in [0.3, 0.4) is 0 Å². The van der Waals surface area contributed by atoms with Crippen LogP contribution >= 0.6 is 0 Å². The van der Waals surface area contributed by atoms with Crippen molar-refractivity contribution in [1.82, 2.24) is 10.2 Å². The summed E-state index contributed by atoms with van der Waals surface area (Å²) < 4.78 is 0. The maximum absolute atomic E-state index is 12.6. The minimum atomic E-state index is -0.891. The molecule has 1 saturated carbocycles. The molecule has 0 spiro atoms. The third kappa shape index (κ3) is 3.42. The molecule has 24 heavy (non-hydrogen) atoms. The lowest BCUT2D eigenvalue weighted by molar-refractivity contribution is -0.150. The lowest BCUT2D eigenvalue weighted by Gasteiger charge is -2.37. The van der Waals surface area contributed by atoms with E-state index in [0.717, 1.165) is 12.8 Å². The van der Waals surface area contributed by atoms with Crippen LogP contribution in [0.15, 0.2) is 24.3 Å². The molecule has 0 bridgehead atoms. The van der Waals surface area contributed by atoms with E-state index in [1.165, 1.54) is 0 Å². The van der Waals surface area contributed by atoms with E-state index in [9.17, 15) is 19.5 Å². The predicted molar refractivity (Wildman–Crippen MR) is 87.8 cm³/mol. The quantitative estimate of drug-likeness (QED) is 0.883. The Bertz CT molecular complexity index is 666. The van der Waals surface area contributed by atoms with Crippen LogP contribution in [0.4, 0.5) is 0 Å². The number of hydrogen-bond donors (Lipinski definition) is 2. The molecule has 1 unspecified atom stereocenters. The summed E-state index contributed by atoms with van der Waals surface area (Å²) in [5, 5.41) is 12.3. The number of amides is 2. The van der Waals surface area contributed by atoms with Crippen molar-refractivity contribution in [2.24, 2.45) is 5.41 Å². The van der Waals surface area contributed by atoms with E-state index in [2.05, 4.69) is 5.32 Å².